The molecule has 0 unspecified atom stereocenters. The summed E-state index contributed by atoms with van der Waals surface area (Å²) in [7, 11) is 2.02. The predicted octanol–water partition coefficient (Wildman–Crippen LogP) is 3.02. The summed E-state index contributed by atoms with van der Waals surface area (Å²) >= 11 is 0. The van der Waals surface area contributed by atoms with Crippen molar-refractivity contribution >= 4 is 39.0 Å². The zero-order chi connectivity index (χ0) is 26.1. The Morgan fingerprint density at radius 2 is 1.61 bits per heavy atom. The van der Waals surface area contributed by atoms with Gasteiger partial charge in [0.1, 0.15) is 0 Å². The molecule has 1 heterocycles. The van der Waals surface area contributed by atoms with Crippen molar-refractivity contribution in [2.45, 2.75) is 0 Å². The molecule has 194 valence electrons. The SMILES string of the molecule is COCCNS(=O)(=O)Nc1ccccc1Nc1nc(Nc2cc(OC)c(OC)c(OC)c2)ncc1F. The number of benzene rings is 2. The largest absolute Gasteiger partial charge is 0.493 e. The molecular formula is C22H27FN6O6S. The second kappa shape index (κ2) is 12.2. The molecule has 3 rings (SSSR count). The van der Waals surface area contributed by atoms with E-state index in [4.69, 9.17) is 18.9 Å². The highest BCUT2D eigenvalue weighted by molar-refractivity contribution is 7.90. The van der Waals surface area contributed by atoms with Crippen LogP contribution < -0.4 is 34.3 Å². The van der Waals surface area contributed by atoms with E-state index in [-0.39, 0.29) is 36.3 Å². The van der Waals surface area contributed by atoms with Crippen molar-refractivity contribution in [2.75, 3.05) is 56.9 Å². The minimum atomic E-state index is -3.89. The van der Waals surface area contributed by atoms with Gasteiger partial charge in [0.15, 0.2) is 23.1 Å². The second-order valence-electron chi connectivity index (χ2n) is 7.09. The van der Waals surface area contributed by atoms with Gasteiger partial charge in [0.2, 0.25) is 11.7 Å². The Labute approximate surface area is 208 Å². The van der Waals surface area contributed by atoms with Crippen molar-refractivity contribution in [1.82, 2.24) is 14.7 Å². The van der Waals surface area contributed by atoms with E-state index in [0.717, 1.165) is 6.20 Å². The standard InChI is InChI=1S/C22H27FN6O6S/c1-32-10-9-25-36(30,31)29-17-8-6-5-7-16(17)27-21-15(23)13-24-22(28-21)26-14-11-18(33-2)20(35-4)19(12-14)34-3/h5-8,11-13,25,29H,9-10H2,1-4H3,(H2,24,26,27,28). The Morgan fingerprint density at radius 1 is 0.944 bits per heavy atom. The third kappa shape index (κ3) is 6.84. The van der Waals surface area contributed by atoms with Crippen molar-refractivity contribution in [2.24, 2.45) is 0 Å². The van der Waals surface area contributed by atoms with Crippen LogP contribution in [0.15, 0.2) is 42.6 Å². The Kier molecular flexibility index (Phi) is 9.05. The van der Waals surface area contributed by atoms with E-state index in [9.17, 15) is 12.8 Å². The van der Waals surface area contributed by atoms with Gasteiger partial charge in [-0.3, -0.25) is 4.72 Å². The van der Waals surface area contributed by atoms with Gasteiger partial charge in [-0.25, -0.2) is 9.37 Å². The number of aromatic nitrogens is 2. The van der Waals surface area contributed by atoms with Gasteiger partial charge >= 0.3 is 0 Å². The molecule has 0 saturated heterocycles. The highest BCUT2D eigenvalue weighted by atomic mass is 32.2. The molecule has 0 bridgehead atoms. The van der Waals surface area contributed by atoms with Gasteiger partial charge in [0, 0.05) is 31.5 Å². The molecule has 14 heteroatoms. The maximum atomic E-state index is 14.6. The molecular weight excluding hydrogens is 495 g/mol. The summed E-state index contributed by atoms with van der Waals surface area (Å²) in [5.74, 6) is 0.344. The topological polar surface area (TPSA) is 145 Å². The van der Waals surface area contributed by atoms with E-state index in [1.54, 1.807) is 30.3 Å². The number of hydrogen-bond acceptors (Lipinski definition) is 10. The number of ether oxygens (including phenoxy) is 4. The van der Waals surface area contributed by atoms with Crippen LogP contribution in [0.4, 0.5) is 33.2 Å². The van der Waals surface area contributed by atoms with E-state index in [1.807, 2.05) is 0 Å². The van der Waals surface area contributed by atoms with E-state index >= 15 is 0 Å². The van der Waals surface area contributed by atoms with Gasteiger partial charge in [0.05, 0.1) is 45.5 Å². The van der Waals surface area contributed by atoms with Crippen molar-refractivity contribution in [3.8, 4) is 17.2 Å². The van der Waals surface area contributed by atoms with Crippen molar-refractivity contribution in [3.63, 3.8) is 0 Å². The molecule has 0 fully saturated rings. The van der Waals surface area contributed by atoms with Crippen molar-refractivity contribution in [3.05, 3.63) is 48.4 Å². The molecule has 2 aromatic carbocycles. The van der Waals surface area contributed by atoms with Crippen molar-refractivity contribution < 1.29 is 31.8 Å². The van der Waals surface area contributed by atoms with Gasteiger partial charge in [-0.15, -0.1) is 0 Å². The van der Waals surface area contributed by atoms with Gasteiger partial charge in [-0.05, 0) is 12.1 Å². The maximum absolute atomic E-state index is 14.6. The van der Waals surface area contributed by atoms with Gasteiger partial charge < -0.3 is 29.6 Å². The monoisotopic (exact) mass is 522 g/mol. The van der Waals surface area contributed by atoms with Crippen molar-refractivity contribution in [1.29, 1.82) is 0 Å². The molecule has 0 aliphatic carbocycles. The van der Waals surface area contributed by atoms with Crippen LogP contribution in [0.25, 0.3) is 0 Å². The highest BCUT2D eigenvalue weighted by Gasteiger charge is 2.16. The van der Waals surface area contributed by atoms with Crippen LogP contribution in [-0.4, -0.2) is 60.0 Å². The molecule has 1 aromatic heterocycles. The summed E-state index contributed by atoms with van der Waals surface area (Å²) in [5.41, 5.74) is 0.947. The molecule has 12 nitrogen and oxygen atoms in total. The number of nitrogens with zero attached hydrogens (tertiary/aromatic N) is 2. The Balaban J connectivity index is 1.84. The summed E-state index contributed by atoms with van der Waals surface area (Å²) in [5, 5.41) is 5.77. The Morgan fingerprint density at radius 3 is 2.22 bits per heavy atom. The predicted molar refractivity (Wildman–Crippen MR) is 134 cm³/mol. The molecule has 0 atom stereocenters. The molecule has 3 aromatic rings. The van der Waals surface area contributed by atoms with Gasteiger partial charge in [-0.2, -0.15) is 18.1 Å². The summed E-state index contributed by atoms with van der Waals surface area (Å²) < 4.78 is 64.8. The number of rotatable bonds is 13. The Hall–Kier alpha value is -3.88. The lowest BCUT2D eigenvalue weighted by atomic mass is 10.2. The van der Waals surface area contributed by atoms with Crippen LogP contribution in [0, 0.1) is 5.82 Å². The fraction of sp³-hybridized carbons (Fsp3) is 0.273. The maximum Gasteiger partial charge on any atom is 0.299 e. The molecule has 0 amide bonds. The van der Waals surface area contributed by atoms with E-state index < -0.39 is 16.0 Å². The number of nitrogens with one attached hydrogen (secondary N) is 4. The average Bonchev–Trinajstić information content (AvgIpc) is 2.86. The quantitative estimate of drug-likeness (QED) is 0.247. The molecule has 0 aliphatic heterocycles. The molecule has 0 saturated carbocycles. The number of para-hydroxylation sites is 2. The number of anilines is 5. The summed E-state index contributed by atoms with van der Waals surface area (Å²) in [6.45, 7) is 0.284. The summed E-state index contributed by atoms with van der Waals surface area (Å²) in [6.07, 6.45) is 0.981. The van der Waals surface area contributed by atoms with E-state index in [0.29, 0.717) is 22.9 Å². The van der Waals surface area contributed by atoms with E-state index in [2.05, 4.69) is 30.0 Å². The minimum Gasteiger partial charge on any atom is -0.493 e. The molecule has 0 radical (unpaired) electrons. The second-order valence-corrected chi connectivity index (χ2v) is 8.59. The van der Waals surface area contributed by atoms with E-state index in [1.165, 1.54) is 34.5 Å². The Bertz CT molecular complexity index is 1270. The first-order valence-electron chi connectivity index (χ1n) is 10.5. The van der Waals surface area contributed by atoms with Gasteiger partial charge in [-0.1, -0.05) is 12.1 Å². The lowest BCUT2D eigenvalue weighted by Gasteiger charge is -2.16. The number of hydrogen-bond donors (Lipinski definition) is 4. The third-order valence-electron chi connectivity index (χ3n) is 4.69. The number of halogens is 1. The zero-order valence-corrected chi connectivity index (χ0v) is 20.9. The first kappa shape index (κ1) is 26.7. The molecule has 36 heavy (non-hydrogen) atoms. The smallest absolute Gasteiger partial charge is 0.299 e. The lowest BCUT2D eigenvalue weighted by molar-refractivity contribution is 0.204. The minimum absolute atomic E-state index is 0.0625. The fourth-order valence-electron chi connectivity index (χ4n) is 3.06. The van der Waals surface area contributed by atoms with Crippen LogP contribution in [-0.2, 0) is 14.9 Å². The molecule has 4 N–H and O–H groups in total. The fourth-order valence-corrected chi connectivity index (χ4v) is 3.96. The van der Waals surface area contributed by atoms with Crippen LogP contribution >= 0.6 is 0 Å². The highest BCUT2D eigenvalue weighted by Crippen LogP contribution is 2.40. The average molecular weight is 523 g/mol. The van der Waals surface area contributed by atoms with Crippen LogP contribution in [0.3, 0.4) is 0 Å². The van der Waals surface area contributed by atoms with Gasteiger partial charge in [0.25, 0.3) is 10.2 Å². The number of methoxy groups -OCH3 is 4. The molecule has 0 aliphatic rings. The first-order chi connectivity index (χ1) is 17.3. The molecule has 0 spiro atoms. The zero-order valence-electron chi connectivity index (χ0n) is 20.1. The van der Waals surface area contributed by atoms with Crippen LogP contribution in [0.2, 0.25) is 0 Å². The van der Waals surface area contributed by atoms with Crippen LogP contribution in [0.1, 0.15) is 0 Å². The normalized spacial score (nSPS) is 11.0. The summed E-state index contributed by atoms with van der Waals surface area (Å²) in [6, 6.07) is 9.66. The van der Waals surface area contributed by atoms with Crippen LogP contribution in [0.5, 0.6) is 17.2 Å². The third-order valence-corrected chi connectivity index (χ3v) is 5.76. The summed E-state index contributed by atoms with van der Waals surface area (Å²) in [4.78, 5) is 8.15. The lowest BCUT2D eigenvalue weighted by Crippen LogP contribution is -2.32. The first-order valence-corrected chi connectivity index (χ1v) is 12.0.